The fourth-order valence-electron chi connectivity index (χ4n) is 1.28. The van der Waals surface area contributed by atoms with Crippen molar-refractivity contribution in [3.8, 4) is 0 Å². The first kappa shape index (κ1) is 8.58. The molecule has 0 N–H and O–H groups in total. The van der Waals surface area contributed by atoms with Gasteiger partial charge in [-0.25, -0.2) is 0 Å². The Bertz CT molecular complexity index is 172. The van der Waals surface area contributed by atoms with Crippen LogP contribution in [-0.2, 0) is 0 Å². The smallest absolute Gasteiger partial charge is 0.00985 e. The van der Waals surface area contributed by atoms with E-state index in [1.807, 2.05) is 0 Å². The van der Waals surface area contributed by atoms with Crippen molar-refractivity contribution in [3.05, 3.63) is 30.2 Å². The van der Waals surface area contributed by atoms with Gasteiger partial charge in [-0.15, -0.1) is 0 Å². The lowest BCUT2D eigenvalue weighted by atomic mass is 9.93. The summed E-state index contributed by atoms with van der Waals surface area (Å²) in [5.41, 5.74) is 1.47. The van der Waals surface area contributed by atoms with Gasteiger partial charge in [0, 0.05) is 0 Å². The van der Waals surface area contributed by atoms with Crippen LogP contribution in [0, 0.1) is 18.3 Å². The normalized spacial score (nSPS) is 24.0. The van der Waals surface area contributed by atoms with Gasteiger partial charge in [0.05, 0.1) is 0 Å². The van der Waals surface area contributed by atoms with Crippen molar-refractivity contribution in [1.82, 2.24) is 0 Å². The molecular formula is C11H17. The lowest BCUT2D eigenvalue weighted by Crippen LogP contribution is -1.97. The molecule has 0 heterocycles. The van der Waals surface area contributed by atoms with E-state index in [0.717, 1.165) is 5.92 Å². The summed E-state index contributed by atoms with van der Waals surface area (Å²) in [5.74, 6) is 1.40. The molecule has 0 aromatic rings. The van der Waals surface area contributed by atoms with E-state index in [-0.39, 0.29) is 0 Å². The molecule has 0 heteroatoms. The average Bonchev–Trinajstić information content (AvgIpc) is 1.93. The predicted octanol–water partition coefficient (Wildman–Crippen LogP) is 3.37. The van der Waals surface area contributed by atoms with E-state index in [0.29, 0.717) is 5.92 Å². The second kappa shape index (κ2) is 3.75. The first-order valence-corrected chi connectivity index (χ1v) is 4.40. The van der Waals surface area contributed by atoms with E-state index < -0.39 is 0 Å². The Labute approximate surface area is 70.0 Å². The molecule has 1 atom stereocenters. The molecule has 0 aromatic carbocycles. The van der Waals surface area contributed by atoms with Gasteiger partial charge in [0.25, 0.3) is 0 Å². The Morgan fingerprint density at radius 1 is 1.45 bits per heavy atom. The summed E-state index contributed by atoms with van der Waals surface area (Å²) >= 11 is 0. The molecule has 1 aliphatic carbocycles. The molecule has 1 rings (SSSR count). The summed E-state index contributed by atoms with van der Waals surface area (Å²) in [4.78, 5) is 0. The van der Waals surface area contributed by atoms with Crippen molar-refractivity contribution in [2.24, 2.45) is 11.8 Å². The molecule has 1 aliphatic rings. The van der Waals surface area contributed by atoms with Crippen molar-refractivity contribution >= 4 is 0 Å². The van der Waals surface area contributed by atoms with Gasteiger partial charge in [0.1, 0.15) is 0 Å². The highest BCUT2D eigenvalue weighted by Crippen LogP contribution is 2.19. The van der Waals surface area contributed by atoms with Gasteiger partial charge < -0.3 is 0 Å². The topological polar surface area (TPSA) is 0 Å². The molecule has 0 saturated heterocycles. The summed E-state index contributed by atoms with van der Waals surface area (Å²) in [6, 6.07) is 0. The van der Waals surface area contributed by atoms with Crippen LogP contribution in [0.1, 0.15) is 27.2 Å². The molecule has 1 radical (unpaired) electrons. The molecule has 0 bridgehead atoms. The number of rotatable bonds is 2. The van der Waals surface area contributed by atoms with Gasteiger partial charge in [-0.1, -0.05) is 44.6 Å². The molecule has 0 spiro atoms. The summed E-state index contributed by atoms with van der Waals surface area (Å²) in [7, 11) is 0. The third kappa shape index (κ3) is 2.92. The standard InChI is InChI=1S/C11H17/c1-9(2)8-11-6-4-10(3)5-7-11/h4-7,9-10H,8H2,1-3H3. The van der Waals surface area contributed by atoms with E-state index in [4.69, 9.17) is 0 Å². The monoisotopic (exact) mass is 149 g/mol. The summed E-state index contributed by atoms with van der Waals surface area (Å²) < 4.78 is 0. The van der Waals surface area contributed by atoms with Crippen molar-refractivity contribution in [3.63, 3.8) is 0 Å². The van der Waals surface area contributed by atoms with Crippen molar-refractivity contribution in [1.29, 1.82) is 0 Å². The molecule has 0 nitrogen and oxygen atoms in total. The van der Waals surface area contributed by atoms with Crippen molar-refractivity contribution in [2.45, 2.75) is 27.2 Å². The third-order valence-electron chi connectivity index (χ3n) is 1.87. The lowest BCUT2D eigenvalue weighted by Gasteiger charge is -2.12. The highest BCUT2D eigenvalue weighted by atomic mass is 14.1. The van der Waals surface area contributed by atoms with Crippen LogP contribution in [0.2, 0.25) is 0 Å². The Hall–Kier alpha value is -0.520. The minimum atomic E-state index is 0.630. The van der Waals surface area contributed by atoms with Crippen LogP contribution in [0.15, 0.2) is 23.8 Å². The van der Waals surface area contributed by atoms with E-state index in [2.05, 4.69) is 45.4 Å². The maximum absolute atomic E-state index is 2.26. The zero-order valence-electron chi connectivity index (χ0n) is 7.67. The van der Waals surface area contributed by atoms with E-state index in [1.165, 1.54) is 12.0 Å². The first-order chi connectivity index (χ1) is 5.18. The van der Waals surface area contributed by atoms with Gasteiger partial charge >= 0.3 is 0 Å². The van der Waals surface area contributed by atoms with Crippen LogP contribution in [0.5, 0.6) is 0 Å². The Kier molecular flexibility index (Phi) is 2.92. The lowest BCUT2D eigenvalue weighted by molar-refractivity contribution is 0.646. The van der Waals surface area contributed by atoms with Gasteiger partial charge in [-0.05, 0) is 24.7 Å². The fraction of sp³-hybridized carbons (Fsp3) is 0.545. The quantitative estimate of drug-likeness (QED) is 0.564. The van der Waals surface area contributed by atoms with Crippen LogP contribution < -0.4 is 0 Å². The van der Waals surface area contributed by atoms with Gasteiger partial charge in [-0.3, -0.25) is 0 Å². The van der Waals surface area contributed by atoms with Crippen molar-refractivity contribution in [2.75, 3.05) is 0 Å². The number of hydrogen-bond donors (Lipinski definition) is 0. The first-order valence-electron chi connectivity index (χ1n) is 4.40. The van der Waals surface area contributed by atoms with Crippen LogP contribution in [-0.4, -0.2) is 0 Å². The molecule has 0 fully saturated rings. The zero-order chi connectivity index (χ0) is 8.27. The van der Waals surface area contributed by atoms with E-state index >= 15 is 0 Å². The Morgan fingerprint density at radius 2 is 2.18 bits per heavy atom. The predicted molar refractivity (Wildman–Crippen MR) is 50.1 cm³/mol. The molecular weight excluding hydrogens is 132 g/mol. The molecule has 0 amide bonds. The highest BCUT2D eigenvalue weighted by molar-refractivity contribution is 5.28. The molecule has 0 aliphatic heterocycles. The summed E-state index contributed by atoms with van der Waals surface area (Å²) in [6.45, 7) is 6.72. The zero-order valence-corrected chi connectivity index (χ0v) is 7.67. The summed E-state index contributed by atoms with van der Waals surface area (Å²) in [5, 5.41) is 0. The second-order valence-corrected chi connectivity index (χ2v) is 3.75. The number of hydrogen-bond acceptors (Lipinski definition) is 0. The maximum Gasteiger partial charge on any atom is -0.00985 e. The van der Waals surface area contributed by atoms with Gasteiger partial charge in [-0.2, -0.15) is 0 Å². The van der Waals surface area contributed by atoms with Crippen LogP contribution in [0.3, 0.4) is 0 Å². The van der Waals surface area contributed by atoms with E-state index in [1.54, 1.807) is 0 Å². The van der Waals surface area contributed by atoms with Crippen molar-refractivity contribution < 1.29 is 0 Å². The van der Waals surface area contributed by atoms with Crippen LogP contribution >= 0.6 is 0 Å². The number of allylic oxidation sites excluding steroid dienone is 4. The van der Waals surface area contributed by atoms with Crippen LogP contribution in [0.25, 0.3) is 0 Å². The third-order valence-corrected chi connectivity index (χ3v) is 1.87. The Balaban J connectivity index is 2.43. The largest absolute Gasteiger partial charge is 0.0808 e. The molecule has 0 saturated carbocycles. The molecule has 11 heavy (non-hydrogen) atoms. The minimum absolute atomic E-state index is 0.630. The molecule has 1 unspecified atom stereocenters. The SMILES string of the molecule is CC1[CH]C=C(CC(C)C)C=C1. The van der Waals surface area contributed by atoms with E-state index in [9.17, 15) is 0 Å². The van der Waals surface area contributed by atoms with Crippen LogP contribution in [0.4, 0.5) is 0 Å². The average molecular weight is 149 g/mol. The molecule has 0 aromatic heterocycles. The minimum Gasteiger partial charge on any atom is -0.0808 e. The fourth-order valence-corrected chi connectivity index (χ4v) is 1.28. The van der Waals surface area contributed by atoms with Gasteiger partial charge in [0.2, 0.25) is 0 Å². The Morgan fingerprint density at radius 3 is 2.64 bits per heavy atom. The second-order valence-electron chi connectivity index (χ2n) is 3.75. The maximum atomic E-state index is 2.26. The highest BCUT2D eigenvalue weighted by Gasteiger charge is 2.04. The van der Waals surface area contributed by atoms with Gasteiger partial charge in [0.15, 0.2) is 0 Å². The molecule has 61 valence electrons. The summed E-state index contributed by atoms with van der Waals surface area (Å²) in [6.07, 6.45) is 10.2.